The molecule has 1 aromatic carbocycles. The molecule has 2 nitrogen and oxygen atoms in total. The van der Waals surface area contributed by atoms with E-state index in [1.165, 1.54) is 31.7 Å². The Morgan fingerprint density at radius 2 is 2.38 bits per heavy atom. The fraction of sp³-hybridized carbons (Fsp3) is 0.562. The van der Waals surface area contributed by atoms with Crippen molar-refractivity contribution in [1.82, 2.24) is 5.32 Å². The van der Waals surface area contributed by atoms with Crippen LogP contribution < -0.4 is 5.32 Å². The molecule has 2 atom stereocenters. The Kier molecular flexibility index (Phi) is 4.46. The minimum atomic E-state index is -0.378. The van der Waals surface area contributed by atoms with Crippen LogP contribution in [0.5, 0.6) is 0 Å². The fourth-order valence-corrected chi connectivity index (χ4v) is 4.69. The zero-order chi connectivity index (χ0) is 14.9. The number of nitrogens with zero attached hydrogens (tertiary/aromatic N) is 1. The van der Waals surface area contributed by atoms with Gasteiger partial charge >= 0.3 is 0 Å². The molecule has 2 fully saturated rings. The molecule has 3 rings (SSSR count). The Labute approximate surface area is 134 Å². The standard InChI is InChI=1S/C16H20ClFN2S/c1-11-3-2-6-16(8-11)10-21-15(20-16)19-9-12-4-5-14(18)13(17)7-12/h4-5,7,11H,2-3,6,8-10H2,1H3,(H,19,20). The van der Waals surface area contributed by atoms with Crippen molar-refractivity contribution in [3.8, 4) is 0 Å². The molecule has 0 aromatic heterocycles. The molecule has 1 aromatic rings. The number of benzene rings is 1. The Bertz CT molecular complexity index is 563. The molecule has 1 aliphatic heterocycles. The average molecular weight is 327 g/mol. The van der Waals surface area contributed by atoms with Crippen LogP contribution in [0, 0.1) is 11.7 Å². The average Bonchev–Trinajstić information content (AvgIpc) is 2.83. The van der Waals surface area contributed by atoms with Gasteiger partial charge in [0, 0.05) is 11.3 Å². The van der Waals surface area contributed by atoms with Gasteiger partial charge in [0.05, 0.1) is 11.6 Å². The second kappa shape index (κ2) is 6.17. The molecule has 5 heteroatoms. The van der Waals surface area contributed by atoms with E-state index in [0.29, 0.717) is 6.54 Å². The van der Waals surface area contributed by atoms with Gasteiger partial charge in [0.1, 0.15) is 5.82 Å². The van der Waals surface area contributed by atoms with Gasteiger partial charge in [0.15, 0.2) is 5.17 Å². The molecule has 1 spiro atoms. The largest absolute Gasteiger partial charge is 0.359 e. The molecule has 1 aliphatic carbocycles. The zero-order valence-corrected chi connectivity index (χ0v) is 13.7. The molecular formula is C16H20ClFN2S. The summed E-state index contributed by atoms with van der Waals surface area (Å²) in [6.45, 7) is 2.88. The van der Waals surface area contributed by atoms with Crippen LogP contribution in [0.15, 0.2) is 23.2 Å². The first kappa shape index (κ1) is 15.2. The van der Waals surface area contributed by atoms with Crippen LogP contribution in [0.1, 0.15) is 38.2 Å². The first-order chi connectivity index (χ1) is 10.1. The lowest BCUT2D eigenvalue weighted by molar-refractivity contribution is 0.242. The lowest BCUT2D eigenvalue weighted by Gasteiger charge is -2.36. The first-order valence-electron chi connectivity index (χ1n) is 7.46. The van der Waals surface area contributed by atoms with E-state index >= 15 is 0 Å². The molecule has 2 aliphatic rings. The molecule has 1 saturated carbocycles. The second-order valence-corrected chi connectivity index (χ2v) is 7.64. The van der Waals surface area contributed by atoms with Gasteiger partial charge in [-0.2, -0.15) is 0 Å². The van der Waals surface area contributed by atoms with Gasteiger partial charge in [0.2, 0.25) is 0 Å². The molecule has 1 saturated heterocycles. The normalized spacial score (nSPS) is 30.8. The smallest absolute Gasteiger partial charge is 0.157 e. The first-order valence-corrected chi connectivity index (χ1v) is 8.82. The van der Waals surface area contributed by atoms with Crippen LogP contribution in [-0.2, 0) is 6.54 Å². The Balaban J connectivity index is 1.64. The van der Waals surface area contributed by atoms with E-state index in [-0.39, 0.29) is 16.4 Å². The van der Waals surface area contributed by atoms with E-state index in [9.17, 15) is 4.39 Å². The lowest BCUT2D eigenvalue weighted by atomic mass is 9.78. The van der Waals surface area contributed by atoms with Crippen LogP contribution in [0.3, 0.4) is 0 Å². The highest BCUT2D eigenvalue weighted by Crippen LogP contribution is 2.38. The van der Waals surface area contributed by atoms with Gasteiger partial charge in [-0.1, -0.05) is 49.2 Å². The number of aliphatic imine (C=N–C) groups is 1. The number of rotatable bonds is 2. The maximum atomic E-state index is 13.1. The predicted molar refractivity (Wildman–Crippen MR) is 88.5 cm³/mol. The summed E-state index contributed by atoms with van der Waals surface area (Å²) in [5, 5.41) is 4.82. The molecule has 0 bridgehead atoms. The van der Waals surface area contributed by atoms with Crippen LogP contribution in [0.4, 0.5) is 4.39 Å². The topological polar surface area (TPSA) is 24.4 Å². The minimum Gasteiger partial charge on any atom is -0.359 e. The van der Waals surface area contributed by atoms with Crippen molar-refractivity contribution in [2.24, 2.45) is 10.9 Å². The number of amidine groups is 1. The molecular weight excluding hydrogens is 307 g/mol. The van der Waals surface area contributed by atoms with E-state index in [1.807, 2.05) is 11.8 Å². The van der Waals surface area contributed by atoms with E-state index in [1.54, 1.807) is 12.1 Å². The molecule has 1 heterocycles. The summed E-state index contributed by atoms with van der Waals surface area (Å²) in [5.74, 6) is 1.53. The van der Waals surface area contributed by atoms with E-state index in [2.05, 4.69) is 17.2 Å². The number of nitrogens with one attached hydrogen (secondary N) is 1. The summed E-state index contributed by atoms with van der Waals surface area (Å²) < 4.78 is 13.1. The van der Waals surface area contributed by atoms with E-state index < -0.39 is 0 Å². The van der Waals surface area contributed by atoms with Gasteiger partial charge in [0.25, 0.3) is 0 Å². The lowest BCUT2D eigenvalue weighted by Crippen LogP contribution is -2.47. The highest BCUT2D eigenvalue weighted by atomic mass is 35.5. The van der Waals surface area contributed by atoms with Crippen LogP contribution in [0.2, 0.25) is 5.02 Å². The molecule has 2 unspecified atom stereocenters. The summed E-state index contributed by atoms with van der Waals surface area (Å²) >= 11 is 7.61. The molecule has 21 heavy (non-hydrogen) atoms. The van der Waals surface area contributed by atoms with Gasteiger partial charge in [-0.15, -0.1) is 0 Å². The van der Waals surface area contributed by atoms with Crippen molar-refractivity contribution < 1.29 is 4.39 Å². The minimum absolute atomic E-state index is 0.164. The van der Waals surface area contributed by atoms with Gasteiger partial charge < -0.3 is 5.32 Å². The number of halogens is 2. The fourth-order valence-electron chi connectivity index (χ4n) is 3.30. The summed E-state index contributed by atoms with van der Waals surface area (Å²) in [6.07, 6.45) is 5.12. The number of hydrogen-bond acceptors (Lipinski definition) is 2. The summed E-state index contributed by atoms with van der Waals surface area (Å²) in [7, 11) is 0. The Morgan fingerprint density at radius 1 is 1.52 bits per heavy atom. The Hall–Kier alpha value is -0.740. The number of thioether (sulfide) groups is 1. The van der Waals surface area contributed by atoms with Crippen molar-refractivity contribution in [2.75, 3.05) is 5.75 Å². The van der Waals surface area contributed by atoms with Gasteiger partial charge in [-0.3, -0.25) is 4.99 Å². The third kappa shape index (κ3) is 3.54. The predicted octanol–water partition coefficient (Wildman–Crippen LogP) is 4.62. The highest BCUT2D eigenvalue weighted by Gasteiger charge is 2.40. The van der Waals surface area contributed by atoms with Crippen molar-refractivity contribution in [2.45, 2.75) is 44.7 Å². The summed E-state index contributed by atoms with van der Waals surface area (Å²) in [5.41, 5.74) is 1.19. The highest BCUT2D eigenvalue weighted by molar-refractivity contribution is 8.14. The maximum absolute atomic E-state index is 13.1. The molecule has 114 valence electrons. The van der Waals surface area contributed by atoms with E-state index in [0.717, 1.165) is 22.4 Å². The van der Waals surface area contributed by atoms with Crippen molar-refractivity contribution >= 4 is 28.5 Å². The SMILES string of the molecule is CC1CCCC2(CSC(=NCc3ccc(F)c(Cl)c3)N2)C1. The van der Waals surface area contributed by atoms with Crippen LogP contribution in [0.25, 0.3) is 0 Å². The summed E-state index contributed by atoms with van der Waals surface area (Å²) in [4.78, 5) is 4.63. The third-order valence-corrected chi connectivity index (χ3v) is 5.83. The van der Waals surface area contributed by atoms with Crippen molar-refractivity contribution in [1.29, 1.82) is 0 Å². The maximum Gasteiger partial charge on any atom is 0.157 e. The molecule has 1 N–H and O–H groups in total. The van der Waals surface area contributed by atoms with E-state index in [4.69, 9.17) is 11.6 Å². The van der Waals surface area contributed by atoms with Crippen molar-refractivity contribution in [3.05, 3.63) is 34.6 Å². The Morgan fingerprint density at radius 3 is 3.14 bits per heavy atom. The van der Waals surface area contributed by atoms with Crippen molar-refractivity contribution in [3.63, 3.8) is 0 Å². The summed E-state index contributed by atoms with van der Waals surface area (Å²) in [6, 6.07) is 4.79. The second-order valence-electron chi connectivity index (χ2n) is 6.27. The zero-order valence-electron chi connectivity index (χ0n) is 12.2. The van der Waals surface area contributed by atoms with Gasteiger partial charge in [-0.25, -0.2) is 4.39 Å². The van der Waals surface area contributed by atoms with Crippen LogP contribution >= 0.6 is 23.4 Å². The quantitative estimate of drug-likeness (QED) is 0.857. The molecule has 0 radical (unpaired) electrons. The molecule has 0 amide bonds. The van der Waals surface area contributed by atoms with Gasteiger partial charge in [-0.05, 0) is 36.5 Å². The monoisotopic (exact) mass is 326 g/mol. The number of hydrogen-bond donors (Lipinski definition) is 1. The van der Waals surface area contributed by atoms with Crippen LogP contribution in [-0.4, -0.2) is 16.5 Å². The third-order valence-electron chi connectivity index (χ3n) is 4.34.